The zero-order valence-electron chi connectivity index (χ0n) is 10.5. The van der Waals surface area contributed by atoms with Crippen molar-refractivity contribution in [2.45, 2.75) is 12.5 Å². The summed E-state index contributed by atoms with van der Waals surface area (Å²) in [6.07, 6.45) is 2.24. The molecule has 1 aromatic heterocycles. The summed E-state index contributed by atoms with van der Waals surface area (Å²) in [7, 11) is 0. The molecule has 0 saturated heterocycles. The molecule has 3 rings (SSSR count). The normalized spacial score (nSPS) is 12.7. The van der Waals surface area contributed by atoms with Crippen LogP contribution in [0, 0.1) is 0 Å². The summed E-state index contributed by atoms with van der Waals surface area (Å²) in [5.74, 6) is 0. The van der Waals surface area contributed by atoms with E-state index in [2.05, 4.69) is 45.7 Å². The lowest BCUT2D eigenvalue weighted by molar-refractivity contribution is 0.431. The lowest BCUT2D eigenvalue weighted by Gasteiger charge is -2.15. The van der Waals surface area contributed by atoms with Gasteiger partial charge >= 0.3 is 0 Å². The topological polar surface area (TPSA) is 69.6 Å². The van der Waals surface area contributed by atoms with Crippen molar-refractivity contribution in [3.63, 3.8) is 0 Å². The molecule has 3 aromatic rings. The molecule has 0 aliphatic rings. The lowest BCUT2D eigenvalue weighted by Crippen LogP contribution is -2.18. The highest BCUT2D eigenvalue weighted by Crippen LogP contribution is 2.24. The minimum atomic E-state index is 0.0390. The molecule has 0 amide bonds. The molecule has 0 spiro atoms. The molecule has 5 heteroatoms. The van der Waals surface area contributed by atoms with E-state index in [0.29, 0.717) is 6.54 Å². The Morgan fingerprint density at radius 1 is 1.11 bits per heavy atom. The molecule has 19 heavy (non-hydrogen) atoms. The lowest BCUT2D eigenvalue weighted by atomic mass is 10.0. The fourth-order valence-corrected chi connectivity index (χ4v) is 2.31. The van der Waals surface area contributed by atoms with Crippen molar-refractivity contribution in [2.24, 2.45) is 5.73 Å². The highest BCUT2D eigenvalue weighted by Gasteiger charge is 2.15. The van der Waals surface area contributed by atoms with Gasteiger partial charge in [-0.1, -0.05) is 36.4 Å². The summed E-state index contributed by atoms with van der Waals surface area (Å²) in [6, 6.07) is 14.7. The second kappa shape index (κ2) is 5.16. The Hall–Kier alpha value is -2.27. The number of benzene rings is 2. The van der Waals surface area contributed by atoms with Gasteiger partial charge in [-0.25, -0.2) is 0 Å². The van der Waals surface area contributed by atoms with Crippen LogP contribution in [0.25, 0.3) is 10.8 Å². The largest absolute Gasteiger partial charge is 0.330 e. The van der Waals surface area contributed by atoms with Crippen molar-refractivity contribution in [3.8, 4) is 0 Å². The first-order chi connectivity index (χ1) is 9.38. The highest BCUT2D eigenvalue weighted by atomic mass is 15.6. The standard InChI is InChI=1S/C14H15N5/c15-8-7-14(19-17-10-16-18-19)13-6-5-11-3-1-2-4-12(11)9-13/h1-6,9-10,14H,7-8,15H2. The monoisotopic (exact) mass is 253 g/mol. The van der Waals surface area contributed by atoms with E-state index in [4.69, 9.17) is 5.73 Å². The van der Waals surface area contributed by atoms with E-state index in [1.807, 2.05) is 12.1 Å². The van der Waals surface area contributed by atoms with E-state index in [-0.39, 0.29) is 6.04 Å². The minimum Gasteiger partial charge on any atom is -0.330 e. The fraction of sp³-hybridized carbons (Fsp3) is 0.214. The summed E-state index contributed by atoms with van der Waals surface area (Å²) in [6.45, 7) is 0.582. The van der Waals surface area contributed by atoms with Crippen molar-refractivity contribution >= 4 is 10.8 Å². The van der Waals surface area contributed by atoms with Gasteiger partial charge < -0.3 is 5.73 Å². The molecule has 96 valence electrons. The van der Waals surface area contributed by atoms with Crippen molar-refractivity contribution < 1.29 is 0 Å². The number of tetrazole rings is 1. The zero-order chi connectivity index (χ0) is 13.1. The summed E-state index contributed by atoms with van der Waals surface area (Å²) in [5, 5.41) is 14.3. The van der Waals surface area contributed by atoms with Crippen LogP contribution in [-0.2, 0) is 0 Å². The van der Waals surface area contributed by atoms with Gasteiger partial charge in [0.2, 0.25) is 0 Å². The summed E-state index contributed by atoms with van der Waals surface area (Å²) < 4.78 is 0. The Morgan fingerprint density at radius 2 is 1.95 bits per heavy atom. The molecule has 0 aliphatic carbocycles. The van der Waals surface area contributed by atoms with Crippen molar-refractivity contribution in [1.82, 2.24) is 20.2 Å². The predicted molar refractivity (Wildman–Crippen MR) is 73.6 cm³/mol. The van der Waals surface area contributed by atoms with Crippen LogP contribution in [-0.4, -0.2) is 26.8 Å². The number of nitrogens with zero attached hydrogens (tertiary/aromatic N) is 4. The number of hydrogen-bond acceptors (Lipinski definition) is 4. The average Bonchev–Trinajstić information content (AvgIpc) is 2.98. The number of hydrogen-bond donors (Lipinski definition) is 1. The smallest absolute Gasteiger partial charge is 0.162 e. The molecule has 1 heterocycles. The molecule has 0 aliphatic heterocycles. The average molecular weight is 253 g/mol. The number of fused-ring (bicyclic) bond motifs is 1. The van der Waals surface area contributed by atoms with Gasteiger partial charge in [0.05, 0.1) is 6.04 Å². The molecule has 1 atom stereocenters. The van der Waals surface area contributed by atoms with Crippen LogP contribution < -0.4 is 5.73 Å². The van der Waals surface area contributed by atoms with Crippen LogP contribution in [0.4, 0.5) is 0 Å². The molecule has 2 aromatic carbocycles. The number of nitrogens with two attached hydrogens (primary N) is 1. The Labute approximate surface area is 111 Å². The Kier molecular flexibility index (Phi) is 3.20. The molecular formula is C14H15N5. The van der Waals surface area contributed by atoms with E-state index < -0.39 is 0 Å². The van der Waals surface area contributed by atoms with Gasteiger partial charge in [-0.05, 0) is 40.6 Å². The number of rotatable bonds is 4. The molecule has 0 bridgehead atoms. The van der Waals surface area contributed by atoms with Crippen LogP contribution >= 0.6 is 0 Å². The first-order valence-corrected chi connectivity index (χ1v) is 6.30. The van der Waals surface area contributed by atoms with E-state index >= 15 is 0 Å². The van der Waals surface area contributed by atoms with Crippen LogP contribution in [0.1, 0.15) is 18.0 Å². The first kappa shape index (κ1) is 11.8. The van der Waals surface area contributed by atoms with Gasteiger partial charge in [-0.2, -0.15) is 4.80 Å². The molecule has 1 unspecified atom stereocenters. The van der Waals surface area contributed by atoms with E-state index in [0.717, 1.165) is 12.0 Å². The predicted octanol–water partition coefficient (Wildman–Crippen LogP) is 1.76. The van der Waals surface area contributed by atoms with Gasteiger partial charge in [-0.3, -0.25) is 0 Å². The van der Waals surface area contributed by atoms with Gasteiger partial charge in [0, 0.05) is 0 Å². The van der Waals surface area contributed by atoms with E-state index in [1.165, 1.54) is 17.1 Å². The quantitative estimate of drug-likeness (QED) is 0.769. The van der Waals surface area contributed by atoms with Crippen LogP contribution in [0.3, 0.4) is 0 Å². The molecule has 0 saturated carbocycles. The third kappa shape index (κ3) is 2.32. The van der Waals surface area contributed by atoms with Crippen LogP contribution in [0.15, 0.2) is 48.8 Å². The Morgan fingerprint density at radius 3 is 2.68 bits per heavy atom. The maximum Gasteiger partial charge on any atom is 0.162 e. The summed E-state index contributed by atoms with van der Waals surface area (Å²) in [5.41, 5.74) is 6.85. The van der Waals surface area contributed by atoms with Gasteiger partial charge in [0.15, 0.2) is 6.33 Å². The Balaban J connectivity index is 2.05. The zero-order valence-corrected chi connectivity index (χ0v) is 10.5. The second-order valence-electron chi connectivity index (χ2n) is 4.46. The third-order valence-electron chi connectivity index (χ3n) is 3.24. The van der Waals surface area contributed by atoms with Gasteiger partial charge in [0.25, 0.3) is 0 Å². The van der Waals surface area contributed by atoms with Crippen molar-refractivity contribution in [2.75, 3.05) is 6.54 Å². The molecule has 0 fully saturated rings. The molecule has 2 N–H and O–H groups in total. The van der Waals surface area contributed by atoms with Crippen LogP contribution in [0.2, 0.25) is 0 Å². The second-order valence-corrected chi connectivity index (χ2v) is 4.46. The van der Waals surface area contributed by atoms with E-state index in [1.54, 1.807) is 4.80 Å². The fourth-order valence-electron chi connectivity index (χ4n) is 2.31. The molecular weight excluding hydrogens is 238 g/mol. The third-order valence-corrected chi connectivity index (χ3v) is 3.24. The Bertz CT molecular complexity index is 662. The van der Waals surface area contributed by atoms with Crippen LogP contribution in [0.5, 0.6) is 0 Å². The summed E-state index contributed by atoms with van der Waals surface area (Å²) >= 11 is 0. The van der Waals surface area contributed by atoms with Gasteiger partial charge in [0.1, 0.15) is 0 Å². The summed E-state index contributed by atoms with van der Waals surface area (Å²) in [4.78, 5) is 1.62. The van der Waals surface area contributed by atoms with Crippen molar-refractivity contribution in [1.29, 1.82) is 0 Å². The van der Waals surface area contributed by atoms with Crippen molar-refractivity contribution in [3.05, 3.63) is 54.4 Å². The SMILES string of the molecule is NCCC(c1ccc2ccccc2c1)n1ncnn1. The maximum absolute atomic E-state index is 5.70. The number of aromatic nitrogens is 4. The maximum atomic E-state index is 5.70. The minimum absolute atomic E-state index is 0.0390. The first-order valence-electron chi connectivity index (χ1n) is 6.30. The van der Waals surface area contributed by atoms with E-state index in [9.17, 15) is 0 Å². The van der Waals surface area contributed by atoms with Gasteiger partial charge in [-0.15, -0.1) is 10.2 Å². The molecule has 0 radical (unpaired) electrons. The molecule has 5 nitrogen and oxygen atoms in total. The highest BCUT2D eigenvalue weighted by molar-refractivity contribution is 5.83.